The number of nitrogens with zero attached hydrogens (tertiary/aromatic N) is 2. The minimum absolute atomic E-state index is 0.0297. The zero-order chi connectivity index (χ0) is 13.3. The highest BCUT2D eigenvalue weighted by Crippen LogP contribution is 2.25. The molecule has 1 aliphatic heterocycles. The first-order valence-corrected chi connectivity index (χ1v) is 5.54. The van der Waals surface area contributed by atoms with Gasteiger partial charge in [-0.2, -0.15) is 0 Å². The fourth-order valence-electron chi connectivity index (χ4n) is 1.95. The van der Waals surface area contributed by atoms with Crippen molar-refractivity contribution in [3.63, 3.8) is 0 Å². The lowest BCUT2D eigenvalue weighted by molar-refractivity contribution is -0.130. The number of aromatic carboxylic acids is 1. The Morgan fingerprint density at radius 3 is 2.56 bits per heavy atom. The van der Waals surface area contributed by atoms with Gasteiger partial charge in [-0.25, -0.2) is 9.78 Å². The van der Waals surface area contributed by atoms with Crippen molar-refractivity contribution in [3.8, 4) is 0 Å². The molecule has 1 N–H and O–H groups in total. The molecule has 18 heavy (non-hydrogen) atoms. The van der Waals surface area contributed by atoms with E-state index < -0.39 is 5.97 Å². The fraction of sp³-hybridized carbons (Fsp3) is 0.333. The molecule has 0 aromatic carbocycles. The summed E-state index contributed by atoms with van der Waals surface area (Å²) in [5, 5.41) is 8.83. The smallest absolute Gasteiger partial charge is 0.354 e. The first-order valence-electron chi connectivity index (χ1n) is 5.54. The molecule has 6 heteroatoms. The number of carbonyl (C=O) groups is 3. The molecule has 94 valence electrons. The lowest BCUT2D eigenvalue weighted by Crippen LogP contribution is -2.43. The molecular weight excluding hydrogens is 236 g/mol. The van der Waals surface area contributed by atoms with Crippen LogP contribution >= 0.6 is 0 Å². The predicted molar refractivity (Wildman–Crippen MR) is 62.1 cm³/mol. The van der Waals surface area contributed by atoms with E-state index in [1.807, 2.05) is 6.92 Å². The lowest BCUT2D eigenvalue weighted by Gasteiger charge is -2.28. The molecule has 1 aromatic heterocycles. The summed E-state index contributed by atoms with van der Waals surface area (Å²) in [6.07, 6.45) is 1.85. The largest absolute Gasteiger partial charge is 0.477 e. The highest BCUT2D eigenvalue weighted by Gasteiger charge is 2.31. The van der Waals surface area contributed by atoms with Gasteiger partial charge >= 0.3 is 5.97 Å². The second kappa shape index (κ2) is 4.56. The number of piperidine rings is 1. The predicted octanol–water partition coefficient (Wildman–Crippen LogP) is 1.07. The summed E-state index contributed by atoms with van der Waals surface area (Å²) < 4.78 is 0. The van der Waals surface area contributed by atoms with Gasteiger partial charge in [-0.1, -0.05) is 6.92 Å². The zero-order valence-electron chi connectivity index (χ0n) is 9.79. The van der Waals surface area contributed by atoms with Crippen LogP contribution in [0.5, 0.6) is 0 Å². The average molecular weight is 248 g/mol. The van der Waals surface area contributed by atoms with Crippen molar-refractivity contribution in [2.75, 3.05) is 4.90 Å². The van der Waals surface area contributed by atoms with E-state index in [0.717, 1.165) is 4.90 Å². The summed E-state index contributed by atoms with van der Waals surface area (Å²) in [6.45, 7) is 1.84. The van der Waals surface area contributed by atoms with Crippen LogP contribution in [0.2, 0.25) is 0 Å². The molecule has 0 aliphatic carbocycles. The first kappa shape index (κ1) is 12.2. The second-order valence-electron chi connectivity index (χ2n) is 4.34. The number of hydrogen-bond donors (Lipinski definition) is 1. The summed E-state index contributed by atoms with van der Waals surface area (Å²) in [7, 11) is 0. The third-order valence-corrected chi connectivity index (χ3v) is 2.77. The number of carbonyl (C=O) groups excluding carboxylic acids is 2. The van der Waals surface area contributed by atoms with E-state index in [9.17, 15) is 14.4 Å². The topological polar surface area (TPSA) is 87.6 Å². The van der Waals surface area contributed by atoms with Crippen LogP contribution in [0.25, 0.3) is 0 Å². The molecule has 0 spiro atoms. The number of hydrogen-bond acceptors (Lipinski definition) is 4. The Morgan fingerprint density at radius 2 is 2.00 bits per heavy atom. The van der Waals surface area contributed by atoms with Crippen molar-refractivity contribution in [3.05, 3.63) is 24.0 Å². The van der Waals surface area contributed by atoms with Crippen LogP contribution in [0.3, 0.4) is 0 Å². The van der Waals surface area contributed by atoms with Crippen molar-refractivity contribution in [2.24, 2.45) is 5.92 Å². The molecule has 0 radical (unpaired) electrons. The van der Waals surface area contributed by atoms with E-state index in [1.165, 1.54) is 18.3 Å². The van der Waals surface area contributed by atoms with Gasteiger partial charge in [0, 0.05) is 19.0 Å². The quantitative estimate of drug-likeness (QED) is 0.791. The second-order valence-corrected chi connectivity index (χ2v) is 4.34. The number of carboxylic acids is 1. The number of anilines is 1. The molecule has 0 bridgehead atoms. The van der Waals surface area contributed by atoms with Gasteiger partial charge in [-0.3, -0.25) is 14.5 Å². The van der Waals surface area contributed by atoms with Crippen molar-refractivity contribution in [1.29, 1.82) is 0 Å². The van der Waals surface area contributed by atoms with Crippen LogP contribution in [0, 0.1) is 5.92 Å². The molecule has 1 aromatic rings. The van der Waals surface area contributed by atoms with Gasteiger partial charge in [-0.15, -0.1) is 0 Å². The van der Waals surface area contributed by atoms with Crippen molar-refractivity contribution in [1.82, 2.24) is 4.98 Å². The maximum atomic E-state index is 11.8. The Labute approximate surface area is 103 Å². The monoisotopic (exact) mass is 248 g/mol. The molecule has 6 nitrogen and oxygen atoms in total. The van der Waals surface area contributed by atoms with Gasteiger partial charge in [0.1, 0.15) is 5.69 Å². The van der Waals surface area contributed by atoms with Crippen molar-refractivity contribution >= 4 is 23.5 Å². The molecule has 1 saturated heterocycles. The van der Waals surface area contributed by atoms with E-state index in [2.05, 4.69) is 4.98 Å². The third-order valence-electron chi connectivity index (χ3n) is 2.77. The Bertz CT molecular complexity index is 509. The molecule has 0 atom stereocenters. The van der Waals surface area contributed by atoms with Crippen molar-refractivity contribution in [2.45, 2.75) is 19.8 Å². The highest BCUT2D eigenvalue weighted by atomic mass is 16.4. The minimum Gasteiger partial charge on any atom is -0.477 e. The van der Waals surface area contributed by atoms with E-state index in [0.29, 0.717) is 0 Å². The Kier molecular flexibility index (Phi) is 3.10. The van der Waals surface area contributed by atoms with Gasteiger partial charge in [0.15, 0.2) is 0 Å². The van der Waals surface area contributed by atoms with Crippen LogP contribution in [-0.4, -0.2) is 27.9 Å². The molecule has 0 unspecified atom stereocenters. The van der Waals surface area contributed by atoms with Crippen LogP contribution < -0.4 is 4.90 Å². The number of amides is 2. The molecule has 2 heterocycles. The van der Waals surface area contributed by atoms with Crippen molar-refractivity contribution < 1.29 is 19.5 Å². The number of rotatable bonds is 2. The van der Waals surface area contributed by atoms with Gasteiger partial charge in [-0.05, 0) is 18.1 Å². The van der Waals surface area contributed by atoms with E-state index in [4.69, 9.17) is 5.11 Å². The maximum absolute atomic E-state index is 11.8. The SMILES string of the molecule is CC1CC(=O)N(c2ccnc(C(=O)O)c2)C(=O)C1. The fourth-order valence-corrected chi connectivity index (χ4v) is 1.95. The summed E-state index contributed by atoms with van der Waals surface area (Å²) in [6, 6.07) is 2.69. The van der Waals surface area contributed by atoms with E-state index in [1.54, 1.807) is 0 Å². The standard InChI is InChI=1S/C12H12N2O4/c1-7-4-10(15)14(11(16)5-7)8-2-3-13-9(6-8)12(17)18/h2-3,6-7H,4-5H2,1H3,(H,17,18). The van der Waals surface area contributed by atoms with Crippen LogP contribution in [0.4, 0.5) is 5.69 Å². The molecule has 1 aliphatic rings. The summed E-state index contributed by atoms with van der Waals surface area (Å²) in [5.74, 6) is -1.77. The Morgan fingerprint density at radius 1 is 1.39 bits per heavy atom. The molecule has 2 rings (SSSR count). The third kappa shape index (κ3) is 2.22. The highest BCUT2D eigenvalue weighted by molar-refractivity contribution is 6.16. The lowest BCUT2D eigenvalue weighted by atomic mass is 9.97. The number of carboxylic acid groups (broad SMARTS) is 1. The van der Waals surface area contributed by atoms with E-state index >= 15 is 0 Å². The van der Waals surface area contributed by atoms with Crippen LogP contribution in [0.15, 0.2) is 18.3 Å². The van der Waals surface area contributed by atoms with Crippen LogP contribution in [0.1, 0.15) is 30.3 Å². The zero-order valence-corrected chi connectivity index (χ0v) is 9.79. The molecule has 1 fully saturated rings. The molecule has 0 saturated carbocycles. The summed E-state index contributed by atoms with van der Waals surface area (Å²) in [5.41, 5.74) is 0.0796. The maximum Gasteiger partial charge on any atom is 0.354 e. The van der Waals surface area contributed by atoms with Gasteiger partial charge < -0.3 is 5.11 Å². The number of imide groups is 1. The summed E-state index contributed by atoms with van der Waals surface area (Å²) >= 11 is 0. The van der Waals surface area contributed by atoms with E-state index in [-0.39, 0.29) is 42.0 Å². The van der Waals surface area contributed by atoms with Gasteiger partial charge in [0.2, 0.25) is 11.8 Å². The average Bonchev–Trinajstić information content (AvgIpc) is 2.28. The first-order chi connectivity index (χ1) is 8.49. The molecular formula is C12H12N2O4. The van der Waals surface area contributed by atoms with Crippen LogP contribution in [-0.2, 0) is 9.59 Å². The van der Waals surface area contributed by atoms with Gasteiger partial charge in [0.05, 0.1) is 5.69 Å². The Balaban J connectivity index is 2.36. The normalized spacial score (nSPS) is 17.1. The minimum atomic E-state index is -1.19. The van der Waals surface area contributed by atoms with Gasteiger partial charge in [0.25, 0.3) is 0 Å². The number of pyridine rings is 1. The number of aromatic nitrogens is 1. The Hall–Kier alpha value is -2.24. The molecule has 2 amide bonds. The summed E-state index contributed by atoms with van der Waals surface area (Å²) in [4.78, 5) is 39.2.